The van der Waals surface area contributed by atoms with Crippen LogP contribution in [-0.4, -0.2) is 46.0 Å². The zero-order valence-electron chi connectivity index (χ0n) is 18.0. The van der Waals surface area contributed by atoms with Crippen molar-refractivity contribution >= 4 is 16.9 Å². The van der Waals surface area contributed by atoms with Gasteiger partial charge in [0.05, 0.1) is 30.2 Å². The second-order valence-electron chi connectivity index (χ2n) is 7.89. The summed E-state index contributed by atoms with van der Waals surface area (Å²) in [6.07, 6.45) is 0.397. The van der Waals surface area contributed by atoms with Gasteiger partial charge in [0.2, 0.25) is 0 Å². The van der Waals surface area contributed by atoms with Crippen LogP contribution in [0, 0.1) is 12.7 Å². The molecule has 0 amide bonds. The molecule has 0 radical (unpaired) electrons. The fraction of sp³-hybridized carbons (Fsp3) is 0.409. The van der Waals surface area contributed by atoms with Crippen molar-refractivity contribution in [3.05, 3.63) is 57.4 Å². The third kappa shape index (κ3) is 4.64. The lowest BCUT2D eigenvalue weighted by molar-refractivity contribution is -0.0583. The zero-order chi connectivity index (χ0) is 23.8. The lowest BCUT2D eigenvalue weighted by Crippen LogP contribution is -2.22. The molecule has 1 aliphatic rings. The molecule has 11 heteroatoms. The molecule has 3 heterocycles. The smallest absolute Gasteiger partial charge is 0.298 e. The molecule has 0 aliphatic carbocycles. The minimum absolute atomic E-state index is 0.0333. The van der Waals surface area contributed by atoms with Crippen LogP contribution in [0.4, 0.5) is 19.0 Å². The number of nitrogens with one attached hydrogen (secondary N) is 2. The molecule has 1 aliphatic heterocycles. The Morgan fingerprint density at radius 3 is 2.88 bits per heavy atom. The van der Waals surface area contributed by atoms with Crippen molar-refractivity contribution in [3.63, 3.8) is 0 Å². The molecule has 2 atom stereocenters. The summed E-state index contributed by atoms with van der Waals surface area (Å²) in [6, 6.07) is 4.32. The topological polar surface area (TPSA) is 109 Å². The first-order valence-corrected chi connectivity index (χ1v) is 10.4. The molecule has 3 N–H and O–H groups in total. The van der Waals surface area contributed by atoms with E-state index < -0.39 is 35.5 Å². The van der Waals surface area contributed by atoms with E-state index in [2.05, 4.69) is 20.3 Å². The van der Waals surface area contributed by atoms with Gasteiger partial charge in [-0.15, -0.1) is 0 Å². The van der Waals surface area contributed by atoms with E-state index >= 15 is 0 Å². The van der Waals surface area contributed by atoms with E-state index in [1.807, 2.05) is 0 Å². The Balaban J connectivity index is 1.71. The van der Waals surface area contributed by atoms with Crippen LogP contribution >= 0.6 is 0 Å². The van der Waals surface area contributed by atoms with Crippen LogP contribution in [0.1, 0.15) is 36.3 Å². The minimum Gasteiger partial charge on any atom is -0.482 e. The van der Waals surface area contributed by atoms with Crippen molar-refractivity contribution in [2.75, 3.05) is 25.1 Å². The van der Waals surface area contributed by atoms with Crippen LogP contribution in [0.2, 0.25) is 0 Å². The summed E-state index contributed by atoms with van der Waals surface area (Å²) in [6.45, 7) is 2.62. The second kappa shape index (κ2) is 8.99. The Hall–Kier alpha value is -3.18. The molecule has 1 fully saturated rings. The second-order valence-corrected chi connectivity index (χ2v) is 7.89. The van der Waals surface area contributed by atoms with Crippen LogP contribution in [0.5, 0.6) is 5.75 Å². The Bertz CT molecular complexity index is 1230. The SMILES string of the molecule is Cc1nc(N[C@H](C)c2cccc(C(F)(F)CO)c2F)c2cc(OC3CCOC3)c(=O)[nH]c2n1. The van der Waals surface area contributed by atoms with Gasteiger partial charge in [-0.25, -0.2) is 14.4 Å². The highest BCUT2D eigenvalue weighted by atomic mass is 19.3. The largest absolute Gasteiger partial charge is 0.482 e. The number of halogens is 3. The van der Waals surface area contributed by atoms with Crippen LogP contribution in [0.25, 0.3) is 11.0 Å². The molecule has 1 saturated heterocycles. The first-order chi connectivity index (χ1) is 15.7. The van der Waals surface area contributed by atoms with Gasteiger partial charge in [0, 0.05) is 18.1 Å². The van der Waals surface area contributed by atoms with Crippen molar-refractivity contribution in [2.45, 2.75) is 38.3 Å². The van der Waals surface area contributed by atoms with Crippen LogP contribution in [0.3, 0.4) is 0 Å². The summed E-state index contributed by atoms with van der Waals surface area (Å²) >= 11 is 0. The van der Waals surface area contributed by atoms with E-state index in [0.29, 0.717) is 30.8 Å². The van der Waals surface area contributed by atoms with Gasteiger partial charge in [-0.05, 0) is 19.9 Å². The number of nitrogens with zero attached hydrogens (tertiary/aromatic N) is 2. The molecule has 2 aromatic heterocycles. The minimum atomic E-state index is -3.71. The number of fused-ring (bicyclic) bond motifs is 1. The summed E-state index contributed by atoms with van der Waals surface area (Å²) in [5.74, 6) is -4.16. The summed E-state index contributed by atoms with van der Waals surface area (Å²) in [5.41, 5.74) is -1.14. The number of hydrogen-bond acceptors (Lipinski definition) is 7. The summed E-state index contributed by atoms with van der Waals surface area (Å²) in [4.78, 5) is 23.7. The number of alkyl halides is 2. The van der Waals surface area contributed by atoms with Gasteiger partial charge in [-0.2, -0.15) is 8.78 Å². The van der Waals surface area contributed by atoms with Gasteiger partial charge in [-0.3, -0.25) is 4.79 Å². The number of aliphatic hydroxyl groups excluding tert-OH is 1. The number of anilines is 1. The number of rotatable bonds is 7. The highest BCUT2D eigenvalue weighted by Gasteiger charge is 2.35. The molecule has 176 valence electrons. The molecule has 0 bridgehead atoms. The van der Waals surface area contributed by atoms with Gasteiger partial charge in [0.15, 0.2) is 5.75 Å². The Morgan fingerprint density at radius 2 is 2.18 bits per heavy atom. The highest BCUT2D eigenvalue weighted by molar-refractivity contribution is 5.87. The maximum atomic E-state index is 14.9. The number of hydrogen-bond donors (Lipinski definition) is 3. The van der Waals surface area contributed by atoms with Gasteiger partial charge in [0.1, 0.15) is 35.8 Å². The summed E-state index contributed by atoms with van der Waals surface area (Å²) in [7, 11) is 0. The summed E-state index contributed by atoms with van der Waals surface area (Å²) < 4.78 is 53.8. The number of benzene rings is 1. The molecule has 1 unspecified atom stereocenters. The molecule has 3 aromatic rings. The molecular formula is C22H23F3N4O4. The van der Waals surface area contributed by atoms with Crippen LogP contribution in [-0.2, 0) is 10.7 Å². The molecule has 1 aromatic carbocycles. The van der Waals surface area contributed by atoms with Crippen LogP contribution in [0.15, 0.2) is 29.1 Å². The van der Waals surface area contributed by atoms with E-state index in [4.69, 9.17) is 14.6 Å². The monoisotopic (exact) mass is 464 g/mol. The maximum Gasteiger partial charge on any atom is 0.298 e. The van der Waals surface area contributed by atoms with Crippen molar-refractivity contribution in [1.29, 1.82) is 0 Å². The van der Waals surface area contributed by atoms with E-state index in [1.165, 1.54) is 18.2 Å². The van der Waals surface area contributed by atoms with E-state index in [1.54, 1.807) is 13.8 Å². The maximum absolute atomic E-state index is 14.9. The highest BCUT2D eigenvalue weighted by Crippen LogP contribution is 2.34. The van der Waals surface area contributed by atoms with E-state index in [-0.39, 0.29) is 28.9 Å². The average Bonchev–Trinajstić information content (AvgIpc) is 3.27. The average molecular weight is 464 g/mol. The molecule has 4 rings (SSSR count). The van der Waals surface area contributed by atoms with Crippen LogP contribution < -0.4 is 15.6 Å². The normalized spacial score (nSPS) is 17.3. The van der Waals surface area contributed by atoms with Gasteiger partial charge >= 0.3 is 0 Å². The molecule has 0 spiro atoms. The quantitative estimate of drug-likeness (QED) is 0.493. The first kappa shape index (κ1) is 23.0. The number of pyridine rings is 1. The van der Waals surface area contributed by atoms with Gasteiger partial charge < -0.3 is 24.9 Å². The predicted octanol–water partition coefficient (Wildman–Crippen LogP) is 3.19. The molecular weight excluding hydrogens is 441 g/mol. The fourth-order valence-corrected chi connectivity index (χ4v) is 3.70. The van der Waals surface area contributed by atoms with E-state index in [0.717, 1.165) is 6.07 Å². The third-order valence-corrected chi connectivity index (χ3v) is 5.41. The Morgan fingerprint density at radius 1 is 1.39 bits per heavy atom. The van der Waals surface area contributed by atoms with Crippen molar-refractivity contribution in [3.8, 4) is 5.75 Å². The van der Waals surface area contributed by atoms with Crippen molar-refractivity contribution in [2.24, 2.45) is 0 Å². The first-order valence-electron chi connectivity index (χ1n) is 10.4. The molecule has 8 nitrogen and oxygen atoms in total. The third-order valence-electron chi connectivity index (χ3n) is 5.41. The number of aromatic nitrogens is 3. The zero-order valence-corrected chi connectivity index (χ0v) is 18.0. The number of ether oxygens (including phenoxy) is 2. The number of aryl methyl sites for hydroxylation is 1. The standard InChI is InChI=1S/C22H23F3N4O4/c1-11(14-4-3-5-16(18(14)23)22(24,25)10-30)26-19-15-8-17(33-13-6-7-32-9-13)21(31)29-20(15)28-12(2)27-19/h3-5,8,11,13,30H,6-7,9-10H2,1-2H3,(H2,26,27,28,29,31)/t11-,13?/m1/s1. The van der Waals surface area contributed by atoms with E-state index in [9.17, 15) is 18.0 Å². The summed E-state index contributed by atoms with van der Waals surface area (Å²) in [5, 5.41) is 12.4. The molecule has 33 heavy (non-hydrogen) atoms. The Labute approximate surface area is 186 Å². The van der Waals surface area contributed by atoms with Crippen molar-refractivity contribution in [1.82, 2.24) is 15.0 Å². The number of aromatic amines is 1. The Kier molecular flexibility index (Phi) is 6.26. The van der Waals surface area contributed by atoms with Gasteiger partial charge in [0.25, 0.3) is 11.5 Å². The lowest BCUT2D eigenvalue weighted by atomic mass is 10.0. The fourth-order valence-electron chi connectivity index (χ4n) is 3.70. The van der Waals surface area contributed by atoms with Crippen molar-refractivity contribution < 1.29 is 27.8 Å². The molecule has 0 saturated carbocycles. The predicted molar refractivity (Wildman–Crippen MR) is 114 cm³/mol. The number of aliphatic hydroxyl groups is 1. The number of H-pyrrole nitrogens is 1. The lowest BCUT2D eigenvalue weighted by Gasteiger charge is -2.21. The van der Waals surface area contributed by atoms with Gasteiger partial charge in [-0.1, -0.05) is 12.1 Å².